The predicted molar refractivity (Wildman–Crippen MR) is 105 cm³/mol. The van der Waals surface area contributed by atoms with Gasteiger partial charge in [-0.3, -0.25) is 14.3 Å². The van der Waals surface area contributed by atoms with Crippen LogP contribution in [0.5, 0.6) is 0 Å². The fraction of sp³-hybridized carbons (Fsp3) is 0.476. The molecule has 1 aromatic heterocycles. The van der Waals surface area contributed by atoms with Crippen molar-refractivity contribution in [1.29, 1.82) is 0 Å². The number of aromatic nitrogens is 2. The van der Waals surface area contributed by atoms with Crippen molar-refractivity contribution in [2.24, 2.45) is 0 Å². The van der Waals surface area contributed by atoms with Crippen molar-refractivity contribution < 1.29 is 14.7 Å². The van der Waals surface area contributed by atoms with Crippen LogP contribution in [-0.4, -0.2) is 33.3 Å². The number of nitrogens with zero attached hydrogens (tertiary/aromatic N) is 2. The lowest BCUT2D eigenvalue weighted by atomic mass is 9.78. The monoisotopic (exact) mass is 371 g/mol. The average Bonchev–Trinajstić information content (AvgIpc) is 3.07. The van der Waals surface area contributed by atoms with Crippen LogP contribution >= 0.6 is 0 Å². The summed E-state index contributed by atoms with van der Waals surface area (Å²) in [6.07, 6.45) is 2.60. The summed E-state index contributed by atoms with van der Waals surface area (Å²) < 4.78 is 1.85. The highest BCUT2D eigenvalue weighted by atomic mass is 16.4. The van der Waals surface area contributed by atoms with E-state index in [2.05, 4.69) is 10.4 Å². The zero-order valence-electron chi connectivity index (χ0n) is 16.7. The summed E-state index contributed by atoms with van der Waals surface area (Å²) in [4.78, 5) is 24.9. The first-order valence-corrected chi connectivity index (χ1v) is 9.32. The van der Waals surface area contributed by atoms with Gasteiger partial charge in [0.15, 0.2) is 0 Å². The number of rotatable bonds is 7. The predicted octanol–water partition coefficient (Wildman–Crippen LogP) is 3.36. The fourth-order valence-electron chi connectivity index (χ4n) is 3.35. The summed E-state index contributed by atoms with van der Waals surface area (Å²) in [5.74, 6) is -1.24. The molecule has 0 spiro atoms. The van der Waals surface area contributed by atoms with Gasteiger partial charge in [0.05, 0.1) is 23.0 Å². The van der Waals surface area contributed by atoms with Gasteiger partial charge in [0.25, 0.3) is 5.91 Å². The molecule has 27 heavy (non-hydrogen) atoms. The zero-order valence-corrected chi connectivity index (χ0v) is 16.7. The summed E-state index contributed by atoms with van der Waals surface area (Å²) in [7, 11) is 0. The molecule has 0 aliphatic heterocycles. The Morgan fingerprint density at radius 1 is 1.15 bits per heavy atom. The first kappa shape index (κ1) is 20.7. The van der Waals surface area contributed by atoms with Crippen LogP contribution in [-0.2, 0) is 22.2 Å². The topological polar surface area (TPSA) is 84.2 Å². The van der Waals surface area contributed by atoms with Crippen molar-refractivity contribution in [3.8, 4) is 0 Å². The van der Waals surface area contributed by atoms with E-state index < -0.39 is 11.4 Å². The highest BCUT2D eigenvalue weighted by Gasteiger charge is 2.39. The number of carbonyl (C=O) groups excluding carboxylic acids is 1. The number of hydrogen-bond donors (Lipinski definition) is 2. The van der Waals surface area contributed by atoms with E-state index in [0.717, 1.165) is 5.69 Å². The normalized spacial score (nSPS) is 13.8. The largest absolute Gasteiger partial charge is 0.481 e. The molecule has 2 rings (SSSR count). The second kappa shape index (κ2) is 7.94. The molecular weight excluding hydrogens is 342 g/mol. The Bertz CT molecular complexity index is 806. The van der Waals surface area contributed by atoms with Crippen molar-refractivity contribution in [1.82, 2.24) is 15.1 Å². The summed E-state index contributed by atoms with van der Waals surface area (Å²) >= 11 is 0. The van der Waals surface area contributed by atoms with Crippen LogP contribution in [0.3, 0.4) is 0 Å². The first-order valence-electron chi connectivity index (χ1n) is 9.32. The molecule has 0 bridgehead atoms. The molecule has 1 amide bonds. The number of hydrogen-bond acceptors (Lipinski definition) is 3. The van der Waals surface area contributed by atoms with E-state index in [4.69, 9.17) is 0 Å². The van der Waals surface area contributed by atoms with Gasteiger partial charge in [-0.15, -0.1) is 0 Å². The maximum absolute atomic E-state index is 12.8. The van der Waals surface area contributed by atoms with Gasteiger partial charge in [-0.25, -0.2) is 0 Å². The van der Waals surface area contributed by atoms with E-state index in [-0.39, 0.29) is 18.0 Å². The van der Waals surface area contributed by atoms with E-state index in [1.165, 1.54) is 0 Å². The van der Waals surface area contributed by atoms with Crippen LogP contribution in [0.4, 0.5) is 0 Å². The van der Waals surface area contributed by atoms with Gasteiger partial charge < -0.3 is 10.4 Å². The molecule has 2 N–H and O–H groups in total. The lowest BCUT2D eigenvalue weighted by molar-refractivity contribution is -0.143. The third-order valence-corrected chi connectivity index (χ3v) is 4.97. The molecule has 0 saturated carbocycles. The Balaban J connectivity index is 2.30. The number of benzene rings is 1. The molecule has 0 radical (unpaired) electrons. The Hall–Kier alpha value is -2.63. The van der Waals surface area contributed by atoms with E-state index >= 15 is 0 Å². The highest BCUT2D eigenvalue weighted by Crippen LogP contribution is 2.28. The number of carboxylic acid groups (broad SMARTS) is 1. The second-order valence-corrected chi connectivity index (χ2v) is 7.73. The van der Waals surface area contributed by atoms with Crippen LogP contribution in [0.15, 0.2) is 36.5 Å². The zero-order chi connectivity index (χ0) is 20.2. The molecule has 1 unspecified atom stereocenters. The standard InChI is InChI=1S/C21H29N3O3/c1-6-17-16(13-23-24(17)20(3,4)5)18(25)22-14-21(7-2,19(26)27)15-11-9-8-10-12-15/h8-13H,6-7,14H2,1-5H3,(H,22,25)(H,26,27). The SMILES string of the molecule is CCc1c(C(=O)NCC(CC)(C(=O)O)c2ccccc2)cnn1C(C)(C)C. The van der Waals surface area contributed by atoms with E-state index in [0.29, 0.717) is 24.0 Å². The Morgan fingerprint density at radius 3 is 2.26 bits per heavy atom. The highest BCUT2D eigenvalue weighted by molar-refractivity contribution is 5.95. The van der Waals surface area contributed by atoms with Crippen molar-refractivity contribution in [2.75, 3.05) is 6.54 Å². The van der Waals surface area contributed by atoms with E-state index in [9.17, 15) is 14.7 Å². The third kappa shape index (κ3) is 4.04. The lowest BCUT2D eigenvalue weighted by Crippen LogP contribution is -2.46. The molecule has 0 saturated heterocycles. The molecule has 6 nitrogen and oxygen atoms in total. The molecule has 0 fully saturated rings. The van der Waals surface area contributed by atoms with Gasteiger partial charge in [0, 0.05) is 6.54 Å². The number of carbonyl (C=O) groups is 2. The van der Waals surface area contributed by atoms with Crippen molar-refractivity contribution in [3.05, 3.63) is 53.3 Å². The van der Waals surface area contributed by atoms with E-state index in [1.54, 1.807) is 18.3 Å². The van der Waals surface area contributed by atoms with Gasteiger partial charge >= 0.3 is 5.97 Å². The van der Waals surface area contributed by atoms with Crippen LogP contribution in [0.1, 0.15) is 62.7 Å². The Kier molecular flexibility index (Phi) is 6.08. The Labute approximate surface area is 160 Å². The van der Waals surface area contributed by atoms with E-state index in [1.807, 2.05) is 57.5 Å². The third-order valence-electron chi connectivity index (χ3n) is 4.97. The Morgan fingerprint density at radius 2 is 1.78 bits per heavy atom. The minimum atomic E-state index is -1.16. The minimum absolute atomic E-state index is 0.0194. The van der Waals surface area contributed by atoms with Crippen LogP contribution in [0.25, 0.3) is 0 Å². The lowest BCUT2D eigenvalue weighted by Gasteiger charge is -2.29. The maximum atomic E-state index is 12.8. The van der Waals surface area contributed by atoms with Crippen LogP contribution in [0, 0.1) is 0 Å². The first-order chi connectivity index (χ1) is 12.7. The second-order valence-electron chi connectivity index (χ2n) is 7.73. The number of nitrogens with one attached hydrogen (secondary N) is 1. The molecule has 1 aromatic carbocycles. The maximum Gasteiger partial charge on any atom is 0.315 e. The summed E-state index contributed by atoms with van der Waals surface area (Å²) in [5, 5.41) is 17.1. The van der Waals surface area contributed by atoms with Gasteiger partial charge in [-0.05, 0) is 39.2 Å². The fourth-order valence-corrected chi connectivity index (χ4v) is 3.35. The molecule has 2 aromatic rings. The van der Waals surface area contributed by atoms with Gasteiger partial charge in [0.2, 0.25) is 0 Å². The molecule has 0 aliphatic carbocycles. The average molecular weight is 371 g/mol. The van der Waals surface area contributed by atoms with Crippen molar-refractivity contribution >= 4 is 11.9 Å². The molecule has 6 heteroatoms. The van der Waals surface area contributed by atoms with Crippen LogP contribution < -0.4 is 5.32 Å². The quantitative estimate of drug-likeness (QED) is 0.782. The van der Waals surface area contributed by atoms with Crippen LogP contribution in [0.2, 0.25) is 0 Å². The van der Waals surface area contributed by atoms with Gasteiger partial charge in [-0.1, -0.05) is 44.2 Å². The molecule has 1 heterocycles. The summed E-state index contributed by atoms with van der Waals surface area (Å²) in [6, 6.07) is 9.05. The number of carboxylic acids is 1. The minimum Gasteiger partial charge on any atom is -0.481 e. The summed E-state index contributed by atoms with van der Waals surface area (Å²) in [5.41, 5.74) is 0.625. The molecule has 146 valence electrons. The van der Waals surface area contributed by atoms with Gasteiger partial charge in [-0.2, -0.15) is 5.10 Å². The smallest absolute Gasteiger partial charge is 0.315 e. The van der Waals surface area contributed by atoms with Gasteiger partial charge in [0.1, 0.15) is 5.41 Å². The molecule has 1 atom stereocenters. The number of amides is 1. The molecular formula is C21H29N3O3. The van der Waals surface area contributed by atoms with Crippen molar-refractivity contribution in [3.63, 3.8) is 0 Å². The number of aliphatic carboxylic acids is 1. The summed E-state index contributed by atoms with van der Waals surface area (Å²) in [6.45, 7) is 9.91. The molecule has 0 aliphatic rings. The van der Waals surface area contributed by atoms with Crippen molar-refractivity contribution in [2.45, 2.75) is 58.4 Å².